The average Bonchev–Trinajstić information content (AvgIpc) is 3.35. The topological polar surface area (TPSA) is 70.0 Å². The molecular formula is C26H31FN4O3. The predicted octanol–water partition coefficient (Wildman–Crippen LogP) is 3.00. The number of aliphatic hydroxyl groups excluding tert-OH is 1. The Labute approximate surface area is 199 Å². The van der Waals surface area contributed by atoms with Gasteiger partial charge in [-0.25, -0.2) is 4.39 Å². The molecule has 0 unspecified atom stereocenters. The van der Waals surface area contributed by atoms with Crippen molar-refractivity contribution in [3.05, 3.63) is 78.9 Å². The average molecular weight is 467 g/mol. The number of nitrogens with zero attached hydrogens (tertiary/aromatic N) is 3. The van der Waals surface area contributed by atoms with Gasteiger partial charge in [0.15, 0.2) is 11.6 Å². The number of aliphatic hydroxyl groups is 1. The molecule has 0 bridgehead atoms. The van der Waals surface area contributed by atoms with E-state index in [-0.39, 0.29) is 24.3 Å². The number of hydrogen-bond acceptors (Lipinski definition) is 5. The van der Waals surface area contributed by atoms with Crippen molar-refractivity contribution in [3.8, 4) is 11.4 Å². The maximum atomic E-state index is 13.7. The van der Waals surface area contributed by atoms with Gasteiger partial charge in [0.25, 0.3) is 0 Å². The summed E-state index contributed by atoms with van der Waals surface area (Å²) in [6.45, 7) is 5.00. The zero-order chi connectivity index (χ0) is 23.9. The summed E-state index contributed by atoms with van der Waals surface area (Å²) in [7, 11) is 0. The molecule has 2 N–H and O–H groups in total. The van der Waals surface area contributed by atoms with Crippen LogP contribution < -0.4 is 10.1 Å². The summed E-state index contributed by atoms with van der Waals surface area (Å²) in [5.41, 5.74) is 1.69. The molecule has 1 aliphatic rings. The standard InChI is InChI=1S/C26H31FN4O3/c1-20-16-29(14-15-31(20)17-21(32)19-34-25-11-5-2-8-22(25)27)18-26(33)28-23-9-3-4-10-24(23)30-12-6-7-13-30/h2-13,20-21,32H,14-19H2,1H3,(H,28,33)/t20-,21-/m0/s1. The molecule has 0 aliphatic carbocycles. The number of para-hydroxylation sites is 3. The van der Waals surface area contributed by atoms with Crippen LogP contribution in [0.25, 0.3) is 5.69 Å². The van der Waals surface area contributed by atoms with Gasteiger partial charge in [-0.2, -0.15) is 0 Å². The van der Waals surface area contributed by atoms with Gasteiger partial charge in [-0.15, -0.1) is 0 Å². The van der Waals surface area contributed by atoms with Crippen molar-refractivity contribution in [1.29, 1.82) is 0 Å². The van der Waals surface area contributed by atoms with E-state index in [4.69, 9.17) is 4.74 Å². The first-order chi connectivity index (χ1) is 16.5. The Kier molecular flexibility index (Phi) is 7.95. The number of benzene rings is 2. The lowest BCUT2D eigenvalue weighted by Crippen LogP contribution is -2.55. The highest BCUT2D eigenvalue weighted by atomic mass is 19.1. The minimum absolute atomic E-state index is 0.0249. The van der Waals surface area contributed by atoms with Crippen LogP contribution in [0.2, 0.25) is 0 Å². The second-order valence-electron chi connectivity index (χ2n) is 8.63. The number of β-amino-alcohol motifs (C(OH)–C–C–N with tert-alkyl or cyclic N) is 1. The summed E-state index contributed by atoms with van der Waals surface area (Å²) in [6, 6.07) is 18.0. The Hall–Kier alpha value is -3.20. The molecular weight excluding hydrogens is 435 g/mol. The van der Waals surface area contributed by atoms with E-state index in [2.05, 4.69) is 22.0 Å². The van der Waals surface area contributed by atoms with Crippen LogP contribution in [0.3, 0.4) is 0 Å². The quantitative estimate of drug-likeness (QED) is 0.508. The van der Waals surface area contributed by atoms with Crippen molar-refractivity contribution in [2.24, 2.45) is 0 Å². The van der Waals surface area contributed by atoms with Gasteiger partial charge in [0, 0.05) is 44.6 Å². The lowest BCUT2D eigenvalue weighted by atomic mass is 10.1. The Morgan fingerprint density at radius 1 is 1.12 bits per heavy atom. The van der Waals surface area contributed by atoms with Gasteiger partial charge in [-0.05, 0) is 43.3 Å². The van der Waals surface area contributed by atoms with Crippen LogP contribution in [0.1, 0.15) is 6.92 Å². The molecule has 7 nitrogen and oxygen atoms in total. The molecule has 1 aromatic heterocycles. The van der Waals surface area contributed by atoms with Gasteiger partial charge in [-0.3, -0.25) is 14.6 Å². The first kappa shape index (κ1) is 23.9. The van der Waals surface area contributed by atoms with Gasteiger partial charge >= 0.3 is 0 Å². The van der Waals surface area contributed by atoms with E-state index < -0.39 is 11.9 Å². The molecule has 2 atom stereocenters. The van der Waals surface area contributed by atoms with Crippen molar-refractivity contribution in [1.82, 2.24) is 14.4 Å². The molecule has 8 heteroatoms. The molecule has 4 rings (SSSR count). The molecule has 0 spiro atoms. The minimum atomic E-state index is -0.734. The molecule has 34 heavy (non-hydrogen) atoms. The van der Waals surface area contributed by atoms with Crippen LogP contribution in [0, 0.1) is 5.82 Å². The number of aromatic nitrogens is 1. The summed E-state index contributed by atoms with van der Waals surface area (Å²) in [5.74, 6) is -0.353. The molecule has 2 aromatic carbocycles. The number of carbonyl (C=O) groups is 1. The van der Waals surface area contributed by atoms with Gasteiger partial charge in [0.1, 0.15) is 12.7 Å². The predicted molar refractivity (Wildman–Crippen MR) is 130 cm³/mol. The normalized spacial score (nSPS) is 17.9. The lowest BCUT2D eigenvalue weighted by Gasteiger charge is -2.40. The summed E-state index contributed by atoms with van der Waals surface area (Å²) in [4.78, 5) is 17.0. The number of hydrogen-bond donors (Lipinski definition) is 2. The van der Waals surface area contributed by atoms with E-state index in [1.807, 2.05) is 53.4 Å². The van der Waals surface area contributed by atoms with Gasteiger partial charge in [0.05, 0.1) is 17.9 Å². The molecule has 180 valence electrons. The Balaban J connectivity index is 1.24. The van der Waals surface area contributed by atoms with Crippen molar-refractivity contribution >= 4 is 11.6 Å². The van der Waals surface area contributed by atoms with Crippen LogP contribution in [0.4, 0.5) is 10.1 Å². The minimum Gasteiger partial charge on any atom is -0.488 e. The number of amides is 1. The first-order valence-electron chi connectivity index (χ1n) is 11.5. The SMILES string of the molecule is C[C@H]1CN(CC(=O)Nc2ccccc2-n2cccc2)CCN1C[C@H](O)COc1ccccc1F. The zero-order valence-corrected chi connectivity index (χ0v) is 19.3. The van der Waals surface area contributed by atoms with Crippen molar-refractivity contribution in [3.63, 3.8) is 0 Å². The highest BCUT2D eigenvalue weighted by molar-refractivity contribution is 5.94. The van der Waals surface area contributed by atoms with E-state index >= 15 is 0 Å². The third-order valence-electron chi connectivity index (χ3n) is 5.99. The molecule has 2 heterocycles. The fraction of sp³-hybridized carbons (Fsp3) is 0.346. The third kappa shape index (κ3) is 6.22. The number of halogens is 1. The molecule has 0 radical (unpaired) electrons. The Morgan fingerprint density at radius 3 is 2.62 bits per heavy atom. The highest BCUT2D eigenvalue weighted by Gasteiger charge is 2.26. The van der Waals surface area contributed by atoms with Crippen molar-refractivity contribution in [2.75, 3.05) is 44.6 Å². The number of ether oxygens (including phenoxy) is 1. The summed E-state index contributed by atoms with van der Waals surface area (Å²) < 4.78 is 21.1. The molecule has 1 aliphatic heterocycles. The van der Waals surface area contributed by atoms with Gasteiger partial charge in [0.2, 0.25) is 5.91 Å². The van der Waals surface area contributed by atoms with Crippen LogP contribution in [-0.2, 0) is 4.79 Å². The van der Waals surface area contributed by atoms with Gasteiger partial charge in [-0.1, -0.05) is 24.3 Å². The summed E-state index contributed by atoms with van der Waals surface area (Å²) in [5, 5.41) is 13.4. The monoisotopic (exact) mass is 466 g/mol. The van der Waals surface area contributed by atoms with E-state index in [1.54, 1.807) is 18.2 Å². The molecule has 0 saturated carbocycles. The fourth-order valence-corrected chi connectivity index (χ4v) is 4.25. The van der Waals surface area contributed by atoms with Crippen LogP contribution >= 0.6 is 0 Å². The second kappa shape index (κ2) is 11.3. The number of piperazine rings is 1. The summed E-state index contributed by atoms with van der Waals surface area (Å²) >= 11 is 0. The number of anilines is 1. The number of nitrogens with one attached hydrogen (secondary N) is 1. The van der Waals surface area contributed by atoms with Gasteiger partial charge < -0.3 is 19.7 Å². The van der Waals surface area contributed by atoms with E-state index in [0.717, 1.165) is 24.5 Å². The Morgan fingerprint density at radius 2 is 1.85 bits per heavy atom. The van der Waals surface area contributed by atoms with Crippen LogP contribution in [-0.4, -0.2) is 76.9 Å². The van der Waals surface area contributed by atoms with Crippen molar-refractivity contribution < 1.29 is 19.0 Å². The number of rotatable bonds is 9. The number of carbonyl (C=O) groups excluding carboxylic acids is 1. The maximum Gasteiger partial charge on any atom is 0.238 e. The molecule has 1 amide bonds. The fourth-order valence-electron chi connectivity index (χ4n) is 4.25. The molecule has 1 saturated heterocycles. The lowest BCUT2D eigenvalue weighted by molar-refractivity contribution is -0.118. The van der Waals surface area contributed by atoms with Crippen LogP contribution in [0.15, 0.2) is 73.1 Å². The van der Waals surface area contributed by atoms with E-state index in [9.17, 15) is 14.3 Å². The Bertz CT molecular complexity index is 1080. The van der Waals surface area contributed by atoms with E-state index in [1.165, 1.54) is 6.07 Å². The maximum absolute atomic E-state index is 13.7. The van der Waals surface area contributed by atoms with E-state index in [0.29, 0.717) is 19.6 Å². The first-order valence-corrected chi connectivity index (χ1v) is 11.5. The van der Waals surface area contributed by atoms with Crippen molar-refractivity contribution in [2.45, 2.75) is 19.1 Å². The molecule has 1 fully saturated rings. The zero-order valence-electron chi connectivity index (χ0n) is 19.3. The smallest absolute Gasteiger partial charge is 0.238 e. The third-order valence-corrected chi connectivity index (χ3v) is 5.99. The highest BCUT2D eigenvalue weighted by Crippen LogP contribution is 2.20. The summed E-state index contributed by atoms with van der Waals surface area (Å²) in [6.07, 6.45) is 3.16. The second-order valence-corrected chi connectivity index (χ2v) is 8.63. The largest absolute Gasteiger partial charge is 0.488 e. The van der Waals surface area contributed by atoms with Crippen LogP contribution in [0.5, 0.6) is 5.75 Å². The molecule has 3 aromatic rings.